The molecule has 0 aliphatic rings. The Bertz CT molecular complexity index is 630. The summed E-state index contributed by atoms with van der Waals surface area (Å²) in [5, 5.41) is 0. The first-order chi connectivity index (χ1) is 10.9. The fraction of sp³-hybridized carbons (Fsp3) is 0. The van der Waals surface area contributed by atoms with Crippen LogP contribution in [0.1, 0.15) is 0 Å². The van der Waals surface area contributed by atoms with E-state index in [4.69, 9.17) is 3.76 Å². The molecular weight excluding hydrogens is 333 g/mol. The Morgan fingerprint density at radius 3 is 1.18 bits per heavy atom. The molecule has 108 valence electrons. The van der Waals surface area contributed by atoms with Gasteiger partial charge in [-0.3, -0.25) is 0 Å². The molecule has 2 nitrogen and oxygen atoms in total. The Labute approximate surface area is 133 Å². The predicted molar refractivity (Wildman–Crippen MR) is 90.8 cm³/mol. The molecular formula is C19H15GeO2-. The summed E-state index contributed by atoms with van der Waals surface area (Å²) in [7, 11) is 0. The van der Waals surface area contributed by atoms with Gasteiger partial charge in [0.2, 0.25) is 0 Å². The number of carbonyl (C=O) groups excluding carboxylic acids is 1. The van der Waals surface area contributed by atoms with Crippen LogP contribution in [0, 0.1) is 0 Å². The summed E-state index contributed by atoms with van der Waals surface area (Å²) < 4.78 is 8.99. The zero-order valence-corrected chi connectivity index (χ0v) is 14.1. The summed E-state index contributed by atoms with van der Waals surface area (Å²) in [6.07, 6.45) is 0. The molecule has 0 spiro atoms. The van der Waals surface area contributed by atoms with E-state index in [1.807, 2.05) is 91.0 Å². The number of rotatable bonds is 5. The van der Waals surface area contributed by atoms with Crippen molar-refractivity contribution in [1.82, 2.24) is 0 Å². The third-order valence-corrected chi connectivity index (χ3v) is 11.8. The van der Waals surface area contributed by atoms with Crippen LogP contribution in [0.25, 0.3) is 0 Å². The normalized spacial score (nSPS) is 10.9. The van der Waals surface area contributed by atoms with Crippen LogP contribution >= 0.6 is 0 Å². The Kier molecular flexibility index (Phi) is 4.40. The van der Waals surface area contributed by atoms with Crippen LogP contribution in [0.5, 0.6) is 0 Å². The van der Waals surface area contributed by atoms with Crippen LogP contribution in [-0.2, 0) is 8.56 Å². The molecule has 0 unspecified atom stereocenters. The van der Waals surface area contributed by atoms with Crippen LogP contribution in [-0.4, -0.2) is 20.1 Å². The fourth-order valence-electron chi connectivity index (χ4n) is 2.76. The van der Waals surface area contributed by atoms with Crippen molar-refractivity contribution < 1.29 is 8.56 Å². The van der Waals surface area contributed by atoms with E-state index in [1.165, 1.54) is 0 Å². The van der Waals surface area contributed by atoms with Crippen LogP contribution in [0.2, 0.25) is 0 Å². The average Bonchev–Trinajstić information content (AvgIpc) is 2.62. The molecule has 0 radical (unpaired) electrons. The first-order valence-electron chi connectivity index (χ1n) is 7.09. The SMILES string of the molecule is O=[C-][O][Ge]([c]1ccccc1)([c]1ccccc1)[c]1ccccc1. The Morgan fingerprint density at radius 1 is 0.591 bits per heavy atom. The minimum atomic E-state index is -3.50. The second-order valence-electron chi connectivity index (χ2n) is 4.96. The molecule has 0 aromatic heterocycles. The van der Waals surface area contributed by atoms with Gasteiger partial charge >= 0.3 is 133 Å². The van der Waals surface area contributed by atoms with Gasteiger partial charge < -0.3 is 0 Å². The molecule has 0 heterocycles. The van der Waals surface area contributed by atoms with Crippen molar-refractivity contribution >= 4 is 33.3 Å². The van der Waals surface area contributed by atoms with Gasteiger partial charge in [-0.2, -0.15) is 0 Å². The van der Waals surface area contributed by atoms with Crippen molar-refractivity contribution in [2.24, 2.45) is 0 Å². The second-order valence-corrected chi connectivity index (χ2v) is 11.9. The average molecular weight is 348 g/mol. The zero-order valence-electron chi connectivity index (χ0n) is 12.0. The first kappa shape index (κ1) is 14.6. The number of benzene rings is 3. The van der Waals surface area contributed by atoms with Gasteiger partial charge in [0.05, 0.1) is 0 Å². The molecule has 3 heteroatoms. The van der Waals surface area contributed by atoms with Gasteiger partial charge in [-0.25, -0.2) is 0 Å². The molecule has 0 bridgehead atoms. The zero-order chi connectivity index (χ0) is 15.3. The van der Waals surface area contributed by atoms with Crippen molar-refractivity contribution in [2.45, 2.75) is 0 Å². The molecule has 0 N–H and O–H groups in total. The molecule has 0 aliphatic carbocycles. The van der Waals surface area contributed by atoms with E-state index in [0.29, 0.717) is 0 Å². The van der Waals surface area contributed by atoms with E-state index in [9.17, 15) is 4.79 Å². The van der Waals surface area contributed by atoms with Gasteiger partial charge in [0.25, 0.3) is 0 Å². The van der Waals surface area contributed by atoms with E-state index in [1.54, 1.807) is 6.47 Å². The van der Waals surface area contributed by atoms with Crippen LogP contribution in [0.4, 0.5) is 0 Å². The quantitative estimate of drug-likeness (QED) is 0.519. The van der Waals surface area contributed by atoms with Gasteiger partial charge in [-0.05, 0) is 0 Å². The van der Waals surface area contributed by atoms with Crippen molar-refractivity contribution in [3.8, 4) is 0 Å². The van der Waals surface area contributed by atoms with Gasteiger partial charge in [0.15, 0.2) is 0 Å². The van der Waals surface area contributed by atoms with Crippen molar-refractivity contribution in [3.05, 3.63) is 91.0 Å². The van der Waals surface area contributed by atoms with Crippen LogP contribution in [0.15, 0.2) is 91.0 Å². The molecule has 0 saturated carbocycles. The standard InChI is InChI=1S/C19H15GeO2/c21-16-22-20(17-10-4-1-5-11-17,18-12-6-2-7-13-18)19-14-8-3-9-15-19/h1-15H/q-1. The Balaban J connectivity index is 2.31. The molecule has 0 fully saturated rings. The molecule has 3 aromatic rings. The van der Waals surface area contributed by atoms with Crippen molar-refractivity contribution in [2.75, 3.05) is 0 Å². The summed E-state index contributed by atoms with van der Waals surface area (Å²) >= 11 is -3.50. The molecule has 3 rings (SSSR count). The number of hydrogen-bond donors (Lipinski definition) is 0. The third kappa shape index (κ3) is 2.58. The van der Waals surface area contributed by atoms with E-state index in [2.05, 4.69) is 0 Å². The molecule has 0 amide bonds. The number of hydrogen-bond acceptors (Lipinski definition) is 2. The fourth-order valence-corrected chi connectivity index (χ4v) is 10.0. The summed E-state index contributed by atoms with van der Waals surface area (Å²) in [6.45, 7) is 1.74. The minimum absolute atomic E-state index is 1.07. The van der Waals surface area contributed by atoms with E-state index in [-0.39, 0.29) is 0 Å². The van der Waals surface area contributed by atoms with E-state index in [0.717, 1.165) is 13.2 Å². The van der Waals surface area contributed by atoms with Crippen LogP contribution < -0.4 is 13.2 Å². The topological polar surface area (TPSA) is 26.3 Å². The molecule has 0 saturated heterocycles. The first-order valence-corrected chi connectivity index (χ1v) is 11.1. The van der Waals surface area contributed by atoms with Gasteiger partial charge in [0, 0.05) is 0 Å². The summed E-state index contributed by atoms with van der Waals surface area (Å²) in [5.41, 5.74) is 0. The van der Waals surface area contributed by atoms with Gasteiger partial charge in [-0.1, -0.05) is 0 Å². The molecule has 3 aromatic carbocycles. The van der Waals surface area contributed by atoms with E-state index < -0.39 is 13.6 Å². The van der Waals surface area contributed by atoms with Gasteiger partial charge in [-0.15, -0.1) is 0 Å². The molecule has 22 heavy (non-hydrogen) atoms. The van der Waals surface area contributed by atoms with Crippen LogP contribution in [0.3, 0.4) is 0 Å². The Hall–Kier alpha value is -2.33. The molecule has 0 atom stereocenters. The van der Waals surface area contributed by atoms with E-state index >= 15 is 0 Å². The van der Waals surface area contributed by atoms with Crippen molar-refractivity contribution in [1.29, 1.82) is 0 Å². The van der Waals surface area contributed by atoms with Gasteiger partial charge in [0.1, 0.15) is 0 Å². The van der Waals surface area contributed by atoms with Crippen molar-refractivity contribution in [3.63, 3.8) is 0 Å². The second kappa shape index (κ2) is 6.62. The summed E-state index contributed by atoms with van der Waals surface area (Å²) in [4.78, 5) is 11.2. The predicted octanol–water partition coefficient (Wildman–Crippen LogP) is 1.74. The Morgan fingerprint density at radius 2 is 0.909 bits per heavy atom. The summed E-state index contributed by atoms with van der Waals surface area (Å²) in [6, 6.07) is 30.0. The third-order valence-electron chi connectivity index (χ3n) is 3.74. The molecule has 0 aliphatic heterocycles. The maximum absolute atomic E-state index is 11.2. The summed E-state index contributed by atoms with van der Waals surface area (Å²) in [5.74, 6) is 0. The maximum atomic E-state index is 11.2. The monoisotopic (exact) mass is 349 g/mol.